The fraction of sp³-hybridized carbons (Fsp3) is 0.625. The molecule has 1 aliphatic rings. The molecule has 0 atom stereocenters. The summed E-state index contributed by atoms with van der Waals surface area (Å²) in [5.74, 6) is 0. The van der Waals surface area contributed by atoms with E-state index in [9.17, 15) is 0 Å². The van der Waals surface area contributed by atoms with Crippen molar-refractivity contribution >= 4 is 0 Å². The summed E-state index contributed by atoms with van der Waals surface area (Å²) in [4.78, 5) is 0. The molecule has 3 nitrogen and oxygen atoms in total. The highest BCUT2D eigenvalue weighted by Crippen LogP contribution is 2.25. The van der Waals surface area contributed by atoms with Crippen molar-refractivity contribution in [2.24, 2.45) is 0 Å². The van der Waals surface area contributed by atoms with Gasteiger partial charge in [-0.25, -0.2) is 0 Å². The van der Waals surface area contributed by atoms with Gasteiger partial charge in [-0.05, 0) is 19.9 Å². The molecular formula is C8H12N2O. The fourth-order valence-electron chi connectivity index (χ4n) is 1.45. The van der Waals surface area contributed by atoms with Crippen LogP contribution in [0, 0.1) is 6.92 Å². The third-order valence-electron chi connectivity index (χ3n) is 2.17. The summed E-state index contributed by atoms with van der Waals surface area (Å²) in [5.41, 5.74) is 1.32. The molecule has 1 fully saturated rings. The summed E-state index contributed by atoms with van der Waals surface area (Å²) in [6, 6.07) is 2.02. The number of aryl methyl sites for hydroxylation is 1. The lowest BCUT2D eigenvalue weighted by molar-refractivity contribution is -0.0967. The first kappa shape index (κ1) is 6.85. The molecule has 0 N–H and O–H groups in total. The van der Waals surface area contributed by atoms with E-state index in [1.807, 2.05) is 16.9 Å². The molecule has 1 aromatic rings. The Morgan fingerprint density at radius 2 is 2.36 bits per heavy atom. The minimum absolute atomic E-state index is 0.119. The third kappa shape index (κ3) is 0.878. The van der Waals surface area contributed by atoms with Gasteiger partial charge in [0.05, 0.1) is 13.2 Å². The van der Waals surface area contributed by atoms with E-state index >= 15 is 0 Å². The number of hydrogen-bond acceptors (Lipinski definition) is 2. The molecule has 3 heteroatoms. The normalized spacial score (nSPS) is 21.3. The summed E-state index contributed by atoms with van der Waals surface area (Å²) in [6.07, 6.45) is 1.83. The Morgan fingerprint density at radius 3 is 2.73 bits per heavy atom. The van der Waals surface area contributed by atoms with E-state index in [0.29, 0.717) is 0 Å². The zero-order valence-corrected chi connectivity index (χ0v) is 6.87. The summed E-state index contributed by atoms with van der Waals surface area (Å²) in [5, 5.41) is 4.25. The molecule has 0 unspecified atom stereocenters. The van der Waals surface area contributed by atoms with Gasteiger partial charge >= 0.3 is 0 Å². The smallest absolute Gasteiger partial charge is 0.107 e. The first-order valence-electron chi connectivity index (χ1n) is 3.81. The van der Waals surface area contributed by atoms with Crippen LogP contribution in [-0.2, 0) is 10.3 Å². The standard InChI is InChI=1S/C8H12N2O/c1-7-3-4-9-10(7)8(2)5-11-6-8/h3-4H,5-6H2,1-2H3. The quantitative estimate of drug-likeness (QED) is 0.598. The molecule has 0 bridgehead atoms. The maximum atomic E-state index is 5.16. The highest BCUT2D eigenvalue weighted by Gasteiger charge is 2.36. The molecule has 0 radical (unpaired) electrons. The molecule has 11 heavy (non-hydrogen) atoms. The minimum atomic E-state index is 0.119. The van der Waals surface area contributed by atoms with Crippen LogP contribution in [0.25, 0.3) is 0 Å². The molecule has 0 saturated carbocycles. The SMILES string of the molecule is Cc1ccnn1C1(C)COC1. The van der Waals surface area contributed by atoms with Gasteiger partial charge < -0.3 is 4.74 Å². The molecule has 0 spiro atoms. The fourth-order valence-corrected chi connectivity index (χ4v) is 1.45. The Bertz CT molecular complexity index is 263. The first-order chi connectivity index (χ1) is 5.22. The van der Waals surface area contributed by atoms with E-state index in [4.69, 9.17) is 4.74 Å². The molecule has 60 valence electrons. The molecule has 0 amide bonds. The van der Waals surface area contributed by atoms with E-state index in [2.05, 4.69) is 18.9 Å². The van der Waals surface area contributed by atoms with Crippen molar-refractivity contribution in [3.63, 3.8) is 0 Å². The minimum Gasteiger partial charge on any atom is -0.376 e. The van der Waals surface area contributed by atoms with Crippen LogP contribution in [0.5, 0.6) is 0 Å². The number of hydrogen-bond donors (Lipinski definition) is 0. The third-order valence-corrected chi connectivity index (χ3v) is 2.17. The van der Waals surface area contributed by atoms with Gasteiger partial charge in [0.15, 0.2) is 0 Å². The van der Waals surface area contributed by atoms with Crippen molar-refractivity contribution in [3.05, 3.63) is 18.0 Å². The van der Waals surface area contributed by atoms with Crippen LogP contribution in [0.3, 0.4) is 0 Å². The average molecular weight is 152 g/mol. The monoisotopic (exact) mass is 152 g/mol. The van der Waals surface area contributed by atoms with Gasteiger partial charge in [0.2, 0.25) is 0 Å². The van der Waals surface area contributed by atoms with Crippen molar-refractivity contribution in [2.45, 2.75) is 19.4 Å². The summed E-state index contributed by atoms with van der Waals surface area (Å²) in [6.45, 7) is 5.80. The van der Waals surface area contributed by atoms with Gasteiger partial charge in [-0.3, -0.25) is 4.68 Å². The van der Waals surface area contributed by atoms with E-state index in [1.54, 1.807) is 0 Å². The highest BCUT2D eigenvalue weighted by atomic mass is 16.5. The predicted molar refractivity (Wildman–Crippen MR) is 41.4 cm³/mol. The Hall–Kier alpha value is -0.830. The Kier molecular flexibility index (Phi) is 1.29. The second kappa shape index (κ2) is 2.08. The zero-order valence-electron chi connectivity index (χ0n) is 6.87. The van der Waals surface area contributed by atoms with Gasteiger partial charge in [0, 0.05) is 11.9 Å². The summed E-state index contributed by atoms with van der Waals surface area (Å²) >= 11 is 0. The Morgan fingerprint density at radius 1 is 1.64 bits per heavy atom. The lowest BCUT2D eigenvalue weighted by Gasteiger charge is -2.39. The number of ether oxygens (including phenoxy) is 1. The van der Waals surface area contributed by atoms with Crippen molar-refractivity contribution < 1.29 is 4.74 Å². The lowest BCUT2D eigenvalue weighted by atomic mass is 10.0. The topological polar surface area (TPSA) is 27.1 Å². The van der Waals surface area contributed by atoms with Crippen LogP contribution in [0.15, 0.2) is 12.3 Å². The van der Waals surface area contributed by atoms with Crippen molar-refractivity contribution in [1.29, 1.82) is 0 Å². The lowest BCUT2D eigenvalue weighted by Crippen LogP contribution is -2.50. The maximum Gasteiger partial charge on any atom is 0.107 e. The van der Waals surface area contributed by atoms with Crippen molar-refractivity contribution in [2.75, 3.05) is 13.2 Å². The number of rotatable bonds is 1. The molecule has 0 aliphatic carbocycles. The number of aromatic nitrogens is 2. The van der Waals surface area contributed by atoms with Crippen LogP contribution in [0.4, 0.5) is 0 Å². The van der Waals surface area contributed by atoms with Gasteiger partial charge in [-0.2, -0.15) is 5.10 Å². The second-order valence-electron chi connectivity index (χ2n) is 3.37. The average Bonchev–Trinajstić information content (AvgIpc) is 2.30. The van der Waals surface area contributed by atoms with Crippen LogP contribution >= 0.6 is 0 Å². The summed E-state index contributed by atoms with van der Waals surface area (Å²) < 4.78 is 7.19. The second-order valence-corrected chi connectivity index (χ2v) is 3.37. The molecule has 2 rings (SSSR count). The van der Waals surface area contributed by atoms with Gasteiger partial charge in [0.1, 0.15) is 5.54 Å². The Balaban J connectivity index is 2.35. The van der Waals surface area contributed by atoms with Crippen molar-refractivity contribution in [3.8, 4) is 0 Å². The van der Waals surface area contributed by atoms with Crippen LogP contribution < -0.4 is 0 Å². The zero-order chi connectivity index (χ0) is 7.90. The molecule has 0 aromatic carbocycles. The molecule has 1 saturated heterocycles. The first-order valence-corrected chi connectivity index (χ1v) is 3.81. The van der Waals surface area contributed by atoms with E-state index in [-0.39, 0.29) is 5.54 Å². The van der Waals surface area contributed by atoms with E-state index in [0.717, 1.165) is 13.2 Å². The molecule has 1 aromatic heterocycles. The predicted octanol–water partition coefficient (Wildman–Crippen LogP) is 0.937. The van der Waals surface area contributed by atoms with E-state index in [1.165, 1.54) is 5.69 Å². The van der Waals surface area contributed by atoms with E-state index < -0.39 is 0 Å². The van der Waals surface area contributed by atoms with Gasteiger partial charge in [-0.15, -0.1) is 0 Å². The molecular weight excluding hydrogens is 140 g/mol. The largest absolute Gasteiger partial charge is 0.376 e. The van der Waals surface area contributed by atoms with Gasteiger partial charge in [0.25, 0.3) is 0 Å². The molecule has 1 aliphatic heterocycles. The van der Waals surface area contributed by atoms with Crippen LogP contribution in [-0.4, -0.2) is 23.0 Å². The number of nitrogens with zero attached hydrogens (tertiary/aromatic N) is 2. The maximum absolute atomic E-state index is 5.16. The van der Waals surface area contributed by atoms with Crippen LogP contribution in [0.1, 0.15) is 12.6 Å². The highest BCUT2D eigenvalue weighted by molar-refractivity contribution is 5.03. The summed E-state index contributed by atoms with van der Waals surface area (Å²) in [7, 11) is 0. The van der Waals surface area contributed by atoms with Gasteiger partial charge in [-0.1, -0.05) is 0 Å². The Labute approximate surface area is 66.0 Å². The van der Waals surface area contributed by atoms with Crippen molar-refractivity contribution in [1.82, 2.24) is 9.78 Å². The van der Waals surface area contributed by atoms with Crippen LogP contribution in [0.2, 0.25) is 0 Å². The molecule has 2 heterocycles.